The fourth-order valence-corrected chi connectivity index (χ4v) is 1.66. The van der Waals surface area contributed by atoms with Crippen molar-refractivity contribution < 1.29 is 46.5 Å². The van der Waals surface area contributed by atoms with Gasteiger partial charge in [0, 0.05) is 16.2 Å². The zero-order valence-corrected chi connectivity index (χ0v) is 29.6. The van der Waals surface area contributed by atoms with Gasteiger partial charge in [-0.3, -0.25) is 14.4 Å². The van der Waals surface area contributed by atoms with E-state index in [1.807, 2.05) is 125 Å². The summed E-state index contributed by atoms with van der Waals surface area (Å²) in [6.07, 6.45) is 3.67. The van der Waals surface area contributed by atoms with Gasteiger partial charge >= 0.3 is 16.8 Å². The topological polar surface area (TPSA) is 120 Å². The number of carbonyl (C=O) groups excluding carboxylic acids is 3. The van der Waals surface area contributed by atoms with Crippen molar-refractivity contribution in [1.82, 2.24) is 0 Å². The van der Waals surface area contributed by atoms with E-state index in [-0.39, 0.29) is 51.4 Å². The number of hydrogen-bond acceptors (Lipinski definition) is 6. The van der Waals surface area contributed by atoms with E-state index < -0.39 is 32.5 Å². The summed E-state index contributed by atoms with van der Waals surface area (Å²) in [6.45, 7) is 32.5. The van der Waals surface area contributed by atoms with Gasteiger partial charge in [-0.15, -0.1) is 17.3 Å². The SMILES string of the molecule is CC(C)(C)C(=O)C=C([O-])C(C)(C)C.CC(C)(C)C(=O)C=C([O-])C(C)(C)C.CC(C)(C)C(=O)C=C([O-])C(C)(C)C.[Co+3]. The maximum Gasteiger partial charge on any atom is 3.00 e. The Morgan fingerprint density at radius 2 is 0.475 bits per heavy atom. The molecule has 0 fully saturated rings. The second-order valence-corrected chi connectivity index (χ2v) is 16.1. The molecule has 0 rings (SSSR count). The number of hydrogen-bond donors (Lipinski definition) is 0. The third-order valence-corrected chi connectivity index (χ3v) is 5.22. The summed E-state index contributed by atoms with van der Waals surface area (Å²) < 4.78 is 0. The van der Waals surface area contributed by atoms with Crippen molar-refractivity contribution in [2.75, 3.05) is 0 Å². The maximum atomic E-state index is 11.4. The molecule has 0 heterocycles. The van der Waals surface area contributed by atoms with Crippen molar-refractivity contribution >= 4 is 17.3 Å². The second-order valence-electron chi connectivity index (χ2n) is 16.1. The summed E-state index contributed by atoms with van der Waals surface area (Å²) in [5, 5.41) is 34.3. The van der Waals surface area contributed by atoms with E-state index >= 15 is 0 Å². The van der Waals surface area contributed by atoms with Crippen LogP contribution >= 0.6 is 0 Å². The largest absolute Gasteiger partial charge is 3.00 e. The summed E-state index contributed by atoms with van der Waals surface area (Å²) in [5.74, 6) is -0.625. The Labute approximate surface area is 256 Å². The Balaban J connectivity index is -0.000000240. The van der Waals surface area contributed by atoms with Crippen LogP contribution in [0.1, 0.15) is 125 Å². The number of rotatable bonds is 3. The van der Waals surface area contributed by atoms with Crippen LogP contribution in [0.4, 0.5) is 0 Å². The van der Waals surface area contributed by atoms with Crippen molar-refractivity contribution in [3.05, 3.63) is 35.5 Å². The third kappa shape index (κ3) is 21.0. The molecule has 0 N–H and O–H groups in total. The summed E-state index contributed by atoms with van der Waals surface area (Å²) in [4.78, 5) is 34.3. The molecule has 0 atom stereocenters. The van der Waals surface area contributed by atoms with Crippen LogP contribution in [-0.2, 0) is 31.2 Å². The Bertz CT molecular complexity index is 801. The molecular weight excluding hydrogens is 551 g/mol. The quantitative estimate of drug-likeness (QED) is 0.301. The molecule has 234 valence electrons. The minimum atomic E-state index is -0.457. The Kier molecular flexibility index (Phi) is 18.0. The van der Waals surface area contributed by atoms with Crippen LogP contribution in [0.15, 0.2) is 35.5 Å². The van der Waals surface area contributed by atoms with Crippen molar-refractivity contribution in [3.63, 3.8) is 0 Å². The molecule has 0 aliphatic heterocycles. The van der Waals surface area contributed by atoms with Gasteiger partial charge in [-0.05, 0) is 34.5 Å². The Morgan fingerprint density at radius 3 is 0.550 bits per heavy atom. The average Bonchev–Trinajstić information content (AvgIpc) is 2.64. The normalized spacial score (nSPS) is 14.1. The molecule has 7 heteroatoms. The Morgan fingerprint density at radius 1 is 0.350 bits per heavy atom. The molecule has 0 saturated heterocycles. The summed E-state index contributed by atoms with van der Waals surface area (Å²) >= 11 is 0. The third-order valence-electron chi connectivity index (χ3n) is 5.22. The summed E-state index contributed by atoms with van der Waals surface area (Å²) in [6, 6.07) is 0. The minimum Gasteiger partial charge on any atom is -0.875 e. The molecule has 0 aromatic heterocycles. The first-order valence-corrected chi connectivity index (χ1v) is 13.5. The minimum absolute atomic E-state index is 0. The smallest absolute Gasteiger partial charge is 0.875 e. The molecule has 0 aliphatic rings. The zero-order chi connectivity index (χ0) is 32.6. The van der Waals surface area contributed by atoms with Gasteiger partial charge in [-0.2, -0.15) is 0 Å². The molecule has 0 saturated carbocycles. The number of ketones is 3. The first-order chi connectivity index (χ1) is 16.6. The van der Waals surface area contributed by atoms with Crippen LogP contribution in [0, 0.1) is 32.5 Å². The van der Waals surface area contributed by atoms with Gasteiger partial charge in [-0.1, -0.05) is 125 Å². The molecule has 0 aromatic carbocycles. The molecular formula is C33H57CoO6. The Hall–Kier alpha value is -1.86. The van der Waals surface area contributed by atoms with Gasteiger partial charge in [0.25, 0.3) is 0 Å². The summed E-state index contributed by atoms with van der Waals surface area (Å²) in [5.41, 5.74) is -2.74. The second kappa shape index (κ2) is 16.0. The van der Waals surface area contributed by atoms with E-state index in [0.29, 0.717) is 0 Å². The van der Waals surface area contributed by atoms with E-state index in [1.165, 1.54) is 18.2 Å². The van der Waals surface area contributed by atoms with E-state index in [0.717, 1.165) is 0 Å². The van der Waals surface area contributed by atoms with Crippen molar-refractivity contribution in [1.29, 1.82) is 0 Å². The average molecular weight is 609 g/mol. The molecule has 6 nitrogen and oxygen atoms in total. The predicted molar refractivity (Wildman–Crippen MR) is 156 cm³/mol. The van der Waals surface area contributed by atoms with Crippen LogP contribution < -0.4 is 15.3 Å². The van der Waals surface area contributed by atoms with Gasteiger partial charge in [-0.25, -0.2) is 0 Å². The molecule has 0 spiro atoms. The van der Waals surface area contributed by atoms with E-state index in [9.17, 15) is 29.7 Å². The maximum absolute atomic E-state index is 11.4. The van der Waals surface area contributed by atoms with Crippen molar-refractivity contribution in [2.24, 2.45) is 32.5 Å². The van der Waals surface area contributed by atoms with Crippen LogP contribution in [-0.4, -0.2) is 17.3 Å². The predicted octanol–water partition coefficient (Wildman–Crippen LogP) is 5.67. The van der Waals surface area contributed by atoms with E-state index in [2.05, 4.69) is 0 Å². The number of allylic oxidation sites excluding steroid dienone is 6. The van der Waals surface area contributed by atoms with Crippen molar-refractivity contribution in [2.45, 2.75) is 125 Å². The van der Waals surface area contributed by atoms with Crippen LogP contribution in [0.5, 0.6) is 0 Å². The standard InChI is InChI=1S/3C11H20O2.Co/c3*1-10(2,3)8(12)7-9(13)11(4,5)6;/h3*7,12H,1-6H3;/q;;;+3/p-3. The van der Waals surface area contributed by atoms with Gasteiger partial charge < -0.3 is 15.3 Å². The first kappa shape index (κ1) is 45.1. The van der Waals surface area contributed by atoms with Gasteiger partial charge in [0.05, 0.1) is 0 Å². The molecule has 40 heavy (non-hydrogen) atoms. The molecule has 0 aromatic rings. The van der Waals surface area contributed by atoms with Gasteiger partial charge in [0.2, 0.25) is 0 Å². The van der Waals surface area contributed by atoms with Gasteiger partial charge in [0.1, 0.15) is 0 Å². The van der Waals surface area contributed by atoms with Crippen LogP contribution in [0.25, 0.3) is 0 Å². The molecule has 0 radical (unpaired) electrons. The van der Waals surface area contributed by atoms with E-state index in [1.54, 1.807) is 0 Å². The number of carbonyl (C=O) groups is 3. The van der Waals surface area contributed by atoms with Crippen LogP contribution in [0.3, 0.4) is 0 Å². The van der Waals surface area contributed by atoms with Crippen molar-refractivity contribution in [3.8, 4) is 0 Å². The first-order valence-electron chi connectivity index (χ1n) is 13.5. The van der Waals surface area contributed by atoms with Crippen LogP contribution in [0.2, 0.25) is 0 Å². The monoisotopic (exact) mass is 608 g/mol. The zero-order valence-electron chi connectivity index (χ0n) is 28.5. The van der Waals surface area contributed by atoms with Gasteiger partial charge in [0.15, 0.2) is 17.3 Å². The fourth-order valence-electron chi connectivity index (χ4n) is 1.66. The summed E-state index contributed by atoms with van der Waals surface area (Å²) in [7, 11) is 0. The molecule has 0 unspecified atom stereocenters. The molecule has 0 bridgehead atoms. The molecule has 0 aliphatic carbocycles. The fraction of sp³-hybridized carbons (Fsp3) is 0.727. The molecule has 0 amide bonds. The van der Waals surface area contributed by atoms with E-state index in [4.69, 9.17) is 0 Å².